The molecule has 3 rings (SSSR count). The van der Waals surface area contributed by atoms with Gasteiger partial charge < -0.3 is 10.6 Å². The molecule has 21 heavy (non-hydrogen) atoms. The summed E-state index contributed by atoms with van der Waals surface area (Å²) < 4.78 is 0. The Labute approximate surface area is 130 Å². The van der Waals surface area contributed by atoms with Gasteiger partial charge in [0.15, 0.2) is 5.13 Å². The van der Waals surface area contributed by atoms with Crippen LogP contribution >= 0.6 is 11.3 Å². The van der Waals surface area contributed by atoms with Crippen LogP contribution in [0.4, 0.5) is 5.13 Å². The summed E-state index contributed by atoms with van der Waals surface area (Å²) in [4.78, 5) is 8.63. The SMILES string of the molecule is CCC1CCCCN1c1nc(-c2ccccc2)c(CN)s1. The van der Waals surface area contributed by atoms with Crippen molar-refractivity contribution in [3.63, 3.8) is 0 Å². The van der Waals surface area contributed by atoms with Crippen molar-refractivity contribution in [2.24, 2.45) is 5.73 Å². The minimum atomic E-state index is 0.562. The van der Waals surface area contributed by atoms with E-state index in [1.54, 1.807) is 11.3 Å². The van der Waals surface area contributed by atoms with Crippen LogP contribution in [0.3, 0.4) is 0 Å². The molecule has 2 aromatic rings. The lowest BCUT2D eigenvalue weighted by Gasteiger charge is -2.35. The number of piperidine rings is 1. The Morgan fingerprint density at radius 3 is 2.81 bits per heavy atom. The van der Waals surface area contributed by atoms with E-state index in [1.165, 1.54) is 36.1 Å². The molecule has 2 N–H and O–H groups in total. The van der Waals surface area contributed by atoms with Gasteiger partial charge >= 0.3 is 0 Å². The van der Waals surface area contributed by atoms with Gasteiger partial charge in [-0.1, -0.05) is 48.6 Å². The molecule has 1 aromatic heterocycles. The number of nitrogens with two attached hydrogens (primary N) is 1. The van der Waals surface area contributed by atoms with Gasteiger partial charge in [-0.05, 0) is 25.7 Å². The van der Waals surface area contributed by atoms with Crippen molar-refractivity contribution in [1.29, 1.82) is 0 Å². The number of thiazole rings is 1. The summed E-state index contributed by atoms with van der Waals surface area (Å²) in [7, 11) is 0. The smallest absolute Gasteiger partial charge is 0.186 e. The van der Waals surface area contributed by atoms with Crippen LogP contribution in [0.5, 0.6) is 0 Å². The second kappa shape index (κ2) is 6.58. The Kier molecular flexibility index (Phi) is 4.56. The molecule has 0 aliphatic carbocycles. The normalized spacial score (nSPS) is 19.0. The Bertz CT molecular complexity index is 579. The highest BCUT2D eigenvalue weighted by Gasteiger charge is 2.25. The van der Waals surface area contributed by atoms with Gasteiger partial charge in [-0.25, -0.2) is 4.98 Å². The Morgan fingerprint density at radius 2 is 2.10 bits per heavy atom. The molecule has 2 heterocycles. The molecule has 0 saturated carbocycles. The van der Waals surface area contributed by atoms with E-state index in [4.69, 9.17) is 10.7 Å². The van der Waals surface area contributed by atoms with Gasteiger partial charge in [-0.2, -0.15) is 0 Å². The molecule has 1 unspecified atom stereocenters. The highest BCUT2D eigenvalue weighted by molar-refractivity contribution is 7.16. The average molecular weight is 301 g/mol. The van der Waals surface area contributed by atoms with E-state index >= 15 is 0 Å². The van der Waals surface area contributed by atoms with E-state index < -0.39 is 0 Å². The highest BCUT2D eigenvalue weighted by atomic mass is 32.1. The molecule has 1 atom stereocenters. The van der Waals surface area contributed by atoms with E-state index in [0.717, 1.165) is 17.4 Å². The van der Waals surface area contributed by atoms with Crippen molar-refractivity contribution in [2.75, 3.05) is 11.4 Å². The molecule has 0 bridgehead atoms. The fraction of sp³-hybridized carbons (Fsp3) is 0.471. The van der Waals surface area contributed by atoms with E-state index in [2.05, 4.69) is 36.1 Å². The van der Waals surface area contributed by atoms with Gasteiger partial charge in [-0.3, -0.25) is 0 Å². The standard InChI is InChI=1S/C17H23N3S/c1-2-14-10-6-7-11-20(14)17-19-16(15(12-18)21-17)13-8-4-3-5-9-13/h3-5,8-9,14H,2,6-7,10-12,18H2,1H3. The zero-order chi connectivity index (χ0) is 14.7. The number of hydrogen-bond donors (Lipinski definition) is 1. The molecule has 3 nitrogen and oxygen atoms in total. The maximum Gasteiger partial charge on any atom is 0.186 e. The summed E-state index contributed by atoms with van der Waals surface area (Å²) >= 11 is 1.77. The first-order chi connectivity index (χ1) is 10.3. The summed E-state index contributed by atoms with van der Waals surface area (Å²) in [6.07, 6.45) is 5.09. The number of nitrogens with zero attached hydrogens (tertiary/aromatic N) is 2. The minimum Gasteiger partial charge on any atom is -0.345 e. The number of anilines is 1. The van der Waals surface area contributed by atoms with Gasteiger partial charge in [0.1, 0.15) is 0 Å². The van der Waals surface area contributed by atoms with E-state index in [1.807, 2.05) is 6.07 Å². The van der Waals surface area contributed by atoms with E-state index in [9.17, 15) is 0 Å². The molecule has 1 saturated heterocycles. The number of rotatable bonds is 4. The quantitative estimate of drug-likeness (QED) is 0.926. The van der Waals surface area contributed by atoms with E-state index in [-0.39, 0.29) is 0 Å². The van der Waals surface area contributed by atoms with Gasteiger partial charge in [0.25, 0.3) is 0 Å². The Balaban J connectivity index is 1.95. The number of hydrogen-bond acceptors (Lipinski definition) is 4. The summed E-state index contributed by atoms with van der Waals surface area (Å²) in [5, 5.41) is 1.15. The third kappa shape index (κ3) is 2.97. The first-order valence-electron chi connectivity index (χ1n) is 7.85. The maximum absolute atomic E-state index is 5.95. The zero-order valence-electron chi connectivity index (χ0n) is 12.6. The molecule has 4 heteroatoms. The summed E-state index contributed by atoms with van der Waals surface area (Å²) in [6.45, 7) is 3.97. The van der Waals surface area contributed by atoms with Crippen LogP contribution in [0, 0.1) is 0 Å². The average Bonchev–Trinajstić information content (AvgIpc) is 2.99. The molecule has 1 aromatic carbocycles. The first-order valence-corrected chi connectivity index (χ1v) is 8.67. The molecular weight excluding hydrogens is 278 g/mol. The lowest BCUT2D eigenvalue weighted by Crippen LogP contribution is -2.39. The zero-order valence-corrected chi connectivity index (χ0v) is 13.4. The topological polar surface area (TPSA) is 42.2 Å². The van der Waals surface area contributed by atoms with Gasteiger partial charge in [0.05, 0.1) is 5.69 Å². The van der Waals surface area contributed by atoms with Crippen LogP contribution in [-0.2, 0) is 6.54 Å². The Hall–Kier alpha value is -1.39. The lowest BCUT2D eigenvalue weighted by atomic mass is 10.0. The fourth-order valence-corrected chi connectivity index (χ4v) is 4.16. The largest absolute Gasteiger partial charge is 0.345 e. The van der Waals surface area contributed by atoms with Crippen molar-refractivity contribution in [3.8, 4) is 11.3 Å². The second-order valence-electron chi connectivity index (χ2n) is 5.59. The Morgan fingerprint density at radius 1 is 1.29 bits per heavy atom. The predicted molar refractivity (Wildman–Crippen MR) is 90.7 cm³/mol. The molecule has 1 fully saturated rings. The highest BCUT2D eigenvalue weighted by Crippen LogP contribution is 2.36. The molecule has 112 valence electrons. The van der Waals surface area contributed by atoms with Crippen LogP contribution in [0.25, 0.3) is 11.3 Å². The third-order valence-electron chi connectivity index (χ3n) is 4.26. The number of aromatic nitrogens is 1. The molecule has 1 aliphatic rings. The molecule has 0 spiro atoms. The van der Waals surface area contributed by atoms with Crippen LogP contribution in [-0.4, -0.2) is 17.6 Å². The molecule has 0 radical (unpaired) electrons. The first kappa shape index (κ1) is 14.5. The number of benzene rings is 1. The molecular formula is C17H23N3S. The monoisotopic (exact) mass is 301 g/mol. The van der Waals surface area contributed by atoms with Crippen LogP contribution in [0.2, 0.25) is 0 Å². The second-order valence-corrected chi connectivity index (χ2v) is 6.65. The molecule has 0 amide bonds. The summed E-state index contributed by atoms with van der Waals surface area (Å²) in [5.74, 6) is 0. The van der Waals surface area contributed by atoms with Gasteiger partial charge in [0.2, 0.25) is 0 Å². The van der Waals surface area contributed by atoms with Crippen LogP contribution < -0.4 is 10.6 Å². The van der Waals surface area contributed by atoms with Crippen molar-refractivity contribution in [3.05, 3.63) is 35.2 Å². The van der Waals surface area contributed by atoms with Crippen molar-refractivity contribution < 1.29 is 0 Å². The van der Waals surface area contributed by atoms with Crippen molar-refractivity contribution in [1.82, 2.24) is 4.98 Å². The lowest BCUT2D eigenvalue weighted by molar-refractivity contribution is 0.449. The van der Waals surface area contributed by atoms with Gasteiger partial charge in [-0.15, -0.1) is 0 Å². The summed E-state index contributed by atoms with van der Waals surface area (Å²) in [5.41, 5.74) is 8.19. The van der Waals surface area contributed by atoms with Crippen molar-refractivity contribution in [2.45, 2.75) is 45.2 Å². The van der Waals surface area contributed by atoms with E-state index in [0.29, 0.717) is 12.6 Å². The third-order valence-corrected chi connectivity index (χ3v) is 5.38. The molecule has 1 aliphatic heterocycles. The predicted octanol–water partition coefficient (Wildman–Crippen LogP) is 4.04. The van der Waals surface area contributed by atoms with Gasteiger partial charge in [0, 0.05) is 29.6 Å². The fourth-order valence-electron chi connectivity index (χ4n) is 3.10. The van der Waals surface area contributed by atoms with Crippen LogP contribution in [0.1, 0.15) is 37.5 Å². The maximum atomic E-state index is 5.95. The van der Waals surface area contributed by atoms with Crippen molar-refractivity contribution >= 4 is 16.5 Å². The van der Waals surface area contributed by atoms with Crippen LogP contribution in [0.15, 0.2) is 30.3 Å². The minimum absolute atomic E-state index is 0.562. The summed E-state index contributed by atoms with van der Waals surface area (Å²) in [6, 6.07) is 11.0.